The van der Waals surface area contributed by atoms with E-state index in [2.05, 4.69) is 24.3 Å². The van der Waals surface area contributed by atoms with Gasteiger partial charge in [-0.1, -0.05) is 26.0 Å². The van der Waals surface area contributed by atoms with Crippen molar-refractivity contribution < 1.29 is 18.7 Å². The highest BCUT2D eigenvalue weighted by Gasteiger charge is 2.25. The van der Waals surface area contributed by atoms with Gasteiger partial charge in [0.25, 0.3) is 5.91 Å². The van der Waals surface area contributed by atoms with Gasteiger partial charge in [-0.3, -0.25) is 14.3 Å². The number of halogens is 1. The van der Waals surface area contributed by atoms with Crippen LogP contribution in [-0.4, -0.2) is 46.7 Å². The molecule has 0 radical (unpaired) electrons. The highest BCUT2D eigenvalue weighted by atomic mass is 19.1. The zero-order valence-corrected chi connectivity index (χ0v) is 21.5. The van der Waals surface area contributed by atoms with Crippen LogP contribution in [0.15, 0.2) is 60.9 Å². The molecule has 2 heterocycles. The molecule has 1 N–H and O–H groups in total. The summed E-state index contributed by atoms with van der Waals surface area (Å²) in [6.07, 6.45) is 8.84. The highest BCUT2D eigenvalue weighted by Crippen LogP contribution is 2.25. The zero-order valence-electron chi connectivity index (χ0n) is 21.5. The van der Waals surface area contributed by atoms with Crippen molar-refractivity contribution in [2.75, 3.05) is 25.5 Å². The largest absolute Gasteiger partial charge is 0.497 e. The minimum absolute atomic E-state index is 0.0608. The molecule has 37 heavy (non-hydrogen) atoms. The molecule has 194 valence electrons. The van der Waals surface area contributed by atoms with Crippen molar-refractivity contribution in [2.45, 2.75) is 39.2 Å². The van der Waals surface area contributed by atoms with Crippen molar-refractivity contribution in [3.05, 3.63) is 83.4 Å². The lowest BCUT2D eigenvalue weighted by Gasteiger charge is -2.32. The molecule has 0 saturated carbocycles. The Morgan fingerprint density at radius 3 is 2.57 bits per heavy atom. The van der Waals surface area contributed by atoms with Crippen molar-refractivity contribution >= 4 is 23.6 Å². The SMILES string of the molecule is COc1cc(F)cc(/C=C/C(=O)Nc2cnn(C3CCN(C(=O)c4ccc(CC(C)C)cc4)CC3)c2)c1. The van der Waals surface area contributed by atoms with Gasteiger partial charge in [0, 0.05) is 37.0 Å². The Hall–Kier alpha value is -3.94. The van der Waals surface area contributed by atoms with Gasteiger partial charge in [0.05, 0.1) is 25.0 Å². The number of hydrogen-bond acceptors (Lipinski definition) is 4. The quantitative estimate of drug-likeness (QED) is 0.419. The van der Waals surface area contributed by atoms with Gasteiger partial charge in [0.1, 0.15) is 11.6 Å². The maximum Gasteiger partial charge on any atom is 0.253 e. The third-order valence-electron chi connectivity index (χ3n) is 6.40. The van der Waals surface area contributed by atoms with Gasteiger partial charge in [-0.2, -0.15) is 5.10 Å². The van der Waals surface area contributed by atoms with Gasteiger partial charge < -0.3 is 15.0 Å². The van der Waals surface area contributed by atoms with Gasteiger partial charge in [-0.05, 0) is 66.6 Å². The van der Waals surface area contributed by atoms with Gasteiger partial charge in [0.15, 0.2) is 0 Å². The average molecular weight is 505 g/mol. The van der Waals surface area contributed by atoms with E-state index in [9.17, 15) is 14.0 Å². The first-order chi connectivity index (χ1) is 17.8. The Bertz CT molecular complexity index is 1260. The zero-order chi connectivity index (χ0) is 26.4. The number of methoxy groups -OCH3 is 1. The number of nitrogens with zero attached hydrogens (tertiary/aromatic N) is 3. The third-order valence-corrected chi connectivity index (χ3v) is 6.40. The van der Waals surface area contributed by atoms with Crippen LogP contribution in [-0.2, 0) is 11.2 Å². The molecule has 3 aromatic rings. The molecule has 7 nitrogen and oxygen atoms in total. The summed E-state index contributed by atoms with van der Waals surface area (Å²) < 4.78 is 20.5. The lowest BCUT2D eigenvalue weighted by atomic mass is 10.0. The third kappa shape index (κ3) is 7.06. The van der Waals surface area contributed by atoms with Crippen LogP contribution >= 0.6 is 0 Å². The lowest BCUT2D eigenvalue weighted by molar-refractivity contribution is -0.111. The number of piperidine rings is 1. The molecule has 2 aromatic carbocycles. The van der Waals surface area contributed by atoms with E-state index in [0.29, 0.717) is 36.0 Å². The Morgan fingerprint density at radius 1 is 1.16 bits per heavy atom. The van der Waals surface area contributed by atoms with Crippen LogP contribution in [0.3, 0.4) is 0 Å². The maximum atomic E-state index is 13.6. The Labute approximate surface area is 216 Å². The Morgan fingerprint density at radius 2 is 1.89 bits per heavy atom. The first-order valence-electron chi connectivity index (χ1n) is 12.6. The summed E-state index contributed by atoms with van der Waals surface area (Å²) in [4.78, 5) is 27.2. The summed E-state index contributed by atoms with van der Waals surface area (Å²) in [7, 11) is 1.46. The van der Waals surface area contributed by atoms with Crippen molar-refractivity contribution in [2.24, 2.45) is 5.92 Å². The van der Waals surface area contributed by atoms with Gasteiger partial charge in [-0.15, -0.1) is 0 Å². The first-order valence-corrected chi connectivity index (χ1v) is 12.6. The molecule has 1 aliphatic heterocycles. The van der Waals surface area contributed by atoms with Crippen LogP contribution in [0.4, 0.5) is 10.1 Å². The van der Waals surface area contributed by atoms with E-state index < -0.39 is 5.82 Å². The fraction of sp³-hybridized carbons (Fsp3) is 0.345. The molecule has 0 unspecified atom stereocenters. The molecular weight excluding hydrogens is 471 g/mol. The van der Waals surface area contributed by atoms with E-state index in [1.807, 2.05) is 33.8 Å². The number of ether oxygens (including phenoxy) is 1. The van der Waals surface area contributed by atoms with Crippen LogP contribution in [0.1, 0.15) is 54.2 Å². The number of likely N-dealkylation sites (tertiary alicyclic amines) is 1. The summed E-state index contributed by atoms with van der Waals surface area (Å²) >= 11 is 0. The van der Waals surface area contributed by atoms with Crippen molar-refractivity contribution in [1.82, 2.24) is 14.7 Å². The average Bonchev–Trinajstić information content (AvgIpc) is 3.35. The van der Waals surface area contributed by atoms with E-state index in [1.165, 1.54) is 37.0 Å². The van der Waals surface area contributed by atoms with Crippen LogP contribution < -0.4 is 10.1 Å². The molecule has 0 spiro atoms. The number of nitrogens with one attached hydrogen (secondary N) is 1. The van der Waals surface area contributed by atoms with Crippen LogP contribution in [0.25, 0.3) is 6.08 Å². The molecule has 1 fully saturated rings. The standard InChI is InChI=1S/C29H33FN4O3/c1-20(2)14-21-4-7-23(8-5-21)29(36)33-12-10-26(11-13-33)34-19-25(18-31-34)32-28(35)9-6-22-15-24(30)17-27(16-22)37-3/h4-9,15-20,26H,10-14H2,1-3H3,(H,32,35)/b9-6+. The molecule has 1 aliphatic rings. The van der Waals surface area contributed by atoms with Crippen LogP contribution in [0.2, 0.25) is 0 Å². The van der Waals surface area contributed by atoms with E-state index >= 15 is 0 Å². The molecule has 4 rings (SSSR count). The number of amides is 2. The van der Waals surface area contributed by atoms with Gasteiger partial charge in [-0.25, -0.2) is 4.39 Å². The smallest absolute Gasteiger partial charge is 0.253 e. The Kier molecular flexibility index (Phi) is 8.38. The Balaban J connectivity index is 1.28. The minimum Gasteiger partial charge on any atom is -0.497 e. The van der Waals surface area contributed by atoms with E-state index in [-0.39, 0.29) is 17.9 Å². The lowest BCUT2D eigenvalue weighted by Crippen LogP contribution is -2.39. The second kappa shape index (κ2) is 11.9. The second-order valence-electron chi connectivity index (χ2n) is 9.77. The number of hydrogen-bond donors (Lipinski definition) is 1. The molecule has 0 bridgehead atoms. The molecule has 0 atom stereocenters. The summed E-state index contributed by atoms with van der Waals surface area (Å²) in [5.74, 6) is 0.243. The molecule has 1 saturated heterocycles. The summed E-state index contributed by atoms with van der Waals surface area (Å²) in [5, 5.41) is 7.20. The number of rotatable bonds is 8. The maximum absolute atomic E-state index is 13.6. The number of anilines is 1. The van der Waals surface area contributed by atoms with Crippen LogP contribution in [0.5, 0.6) is 5.75 Å². The number of carbonyl (C=O) groups excluding carboxylic acids is 2. The predicted octanol–water partition coefficient (Wildman–Crippen LogP) is 5.36. The van der Waals surface area contributed by atoms with Crippen molar-refractivity contribution in [3.63, 3.8) is 0 Å². The second-order valence-corrected chi connectivity index (χ2v) is 9.77. The monoisotopic (exact) mass is 504 g/mol. The summed E-state index contributed by atoms with van der Waals surface area (Å²) in [6.45, 7) is 5.67. The molecular formula is C29H33FN4O3. The molecule has 1 aromatic heterocycles. The van der Waals surface area contributed by atoms with Gasteiger partial charge >= 0.3 is 0 Å². The summed E-state index contributed by atoms with van der Waals surface area (Å²) in [6, 6.07) is 12.3. The van der Waals surface area contributed by atoms with E-state index in [4.69, 9.17) is 4.74 Å². The fourth-order valence-corrected chi connectivity index (χ4v) is 4.53. The van der Waals surface area contributed by atoms with Crippen molar-refractivity contribution in [3.8, 4) is 5.75 Å². The number of benzene rings is 2. The van der Waals surface area contributed by atoms with E-state index in [1.54, 1.807) is 18.5 Å². The first kappa shape index (κ1) is 26.1. The fourth-order valence-electron chi connectivity index (χ4n) is 4.53. The summed E-state index contributed by atoms with van der Waals surface area (Å²) in [5.41, 5.74) is 3.07. The van der Waals surface area contributed by atoms with Crippen molar-refractivity contribution in [1.29, 1.82) is 0 Å². The topological polar surface area (TPSA) is 76.5 Å². The normalized spacial score (nSPS) is 14.4. The highest BCUT2D eigenvalue weighted by molar-refractivity contribution is 6.01. The predicted molar refractivity (Wildman–Crippen MR) is 142 cm³/mol. The van der Waals surface area contributed by atoms with E-state index in [0.717, 1.165) is 24.8 Å². The molecule has 8 heteroatoms. The molecule has 0 aliphatic carbocycles. The van der Waals surface area contributed by atoms with Gasteiger partial charge in [0.2, 0.25) is 5.91 Å². The minimum atomic E-state index is -0.437. The molecule has 2 amide bonds. The van der Waals surface area contributed by atoms with Crippen LogP contribution in [0, 0.1) is 11.7 Å². The number of carbonyl (C=O) groups is 2. The number of aromatic nitrogens is 2.